The fourth-order valence-electron chi connectivity index (χ4n) is 1.48. The number of amides is 3. The Morgan fingerprint density at radius 3 is 2.61 bits per heavy atom. The fourth-order valence-corrected chi connectivity index (χ4v) is 2.70. The van der Waals surface area contributed by atoms with E-state index in [4.69, 9.17) is 0 Å². The molecule has 1 unspecified atom stereocenters. The zero-order valence-electron chi connectivity index (χ0n) is 10.4. The average molecular weight is 272 g/mol. The van der Waals surface area contributed by atoms with E-state index in [1.165, 1.54) is 25.6 Å². The van der Waals surface area contributed by atoms with Crippen LogP contribution in [0.2, 0.25) is 0 Å². The molecule has 1 N–H and O–H groups in total. The van der Waals surface area contributed by atoms with Crippen LogP contribution in [-0.2, 0) is 19.2 Å². The van der Waals surface area contributed by atoms with E-state index in [9.17, 15) is 19.2 Å². The summed E-state index contributed by atoms with van der Waals surface area (Å²) in [5, 5.41) is 2.00. The Morgan fingerprint density at radius 1 is 1.39 bits per heavy atom. The number of carbonyl (C=O) groups is 4. The summed E-state index contributed by atoms with van der Waals surface area (Å²) in [6.07, 6.45) is 0.537. The first kappa shape index (κ1) is 14.7. The Morgan fingerprint density at radius 2 is 2.06 bits per heavy atom. The van der Waals surface area contributed by atoms with Gasteiger partial charge in [0.1, 0.15) is 12.5 Å². The quantitative estimate of drug-likeness (QED) is 0.684. The topological polar surface area (TPSA) is 83.6 Å². The van der Waals surface area contributed by atoms with Gasteiger partial charge >= 0.3 is 0 Å². The lowest BCUT2D eigenvalue weighted by molar-refractivity contribution is -0.139. The molecule has 0 spiro atoms. The maximum absolute atomic E-state index is 11.9. The Bertz CT molecular complexity index is 383. The Labute approximate surface area is 109 Å². The molecule has 1 heterocycles. The van der Waals surface area contributed by atoms with Crippen molar-refractivity contribution in [1.82, 2.24) is 10.2 Å². The summed E-state index contributed by atoms with van der Waals surface area (Å²) in [5.74, 6) is -0.262. The van der Waals surface area contributed by atoms with Crippen LogP contribution >= 0.6 is 11.8 Å². The highest BCUT2D eigenvalue weighted by Crippen LogP contribution is 2.25. The zero-order valence-corrected chi connectivity index (χ0v) is 11.2. The van der Waals surface area contributed by atoms with Crippen molar-refractivity contribution in [2.75, 3.05) is 12.4 Å². The molecule has 0 bridgehead atoms. The Balaban J connectivity index is 2.45. The van der Waals surface area contributed by atoms with Crippen molar-refractivity contribution in [2.45, 2.75) is 31.9 Å². The van der Waals surface area contributed by atoms with Gasteiger partial charge in [0.2, 0.25) is 17.7 Å². The summed E-state index contributed by atoms with van der Waals surface area (Å²) >= 11 is 1.32. The van der Waals surface area contributed by atoms with Crippen molar-refractivity contribution in [1.29, 1.82) is 0 Å². The number of hydrogen-bond acceptors (Lipinski definition) is 5. The molecule has 0 aliphatic carbocycles. The van der Waals surface area contributed by atoms with Crippen LogP contribution in [0.25, 0.3) is 0 Å². The first-order valence-corrected chi connectivity index (χ1v) is 6.66. The lowest BCUT2D eigenvalue weighted by Crippen LogP contribution is -2.40. The smallest absolute Gasteiger partial charge is 0.244 e. The van der Waals surface area contributed by atoms with E-state index >= 15 is 0 Å². The highest BCUT2D eigenvalue weighted by Gasteiger charge is 2.38. The van der Waals surface area contributed by atoms with Gasteiger partial charge in [0.05, 0.1) is 5.25 Å². The molecule has 0 aromatic carbocycles. The second-order valence-corrected chi connectivity index (χ2v) is 5.38. The van der Waals surface area contributed by atoms with Gasteiger partial charge in [0, 0.05) is 25.5 Å². The monoisotopic (exact) mass is 272 g/mol. The van der Waals surface area contributed by atoms with Gasteiger partial charge in [0.25, 0.3) is 0 Å². The SMILES string of the molecule is CC(=O)CCSC1CC(=O)N(CNC(C)=O)C1=O. The van der Waals surface area contributed by atoms with Crippen LogP contribution in [0, 0.1) is 0 Å². The van der Waals surface area contributed by atoms with Crippen LogP contribution in [0.4, 0.5) is 0 Å². The standard InChI is InChI=1S/C11H16N2O4S/c1-7(14)3-4-18-9-5-10(16)13(11(9)17)6-12-8(2)15/h9H,3-6H2,1-2H3,(H,12,15). The molecular formula is C11H16N2O4S. The number of ketones is 1. The van der Waals surface area contributed by atoms with Crippen LogP contribution in [0.1, 0.15) is 26.7 Å². The number of nitrogens with zero attached hydrogens (tertiary/aromatic N) is 1. The molecule has 1 aliphatic rings. The van der Waals surface area contributed by atoms with E-state index in [2.05, 4.69) is 5.32 Å². The molecule has 0 radical (unpaired) electrons. The molecule has 18 heavy (non-hydrogen) atoms. The molecule has 1 fully saturated rings. The first-order chi connectivity index (χ1) is 8.41. The molecule has 1 aliphatic heterocycles. The molecule has 100 valence electrons. The van der Waals surface area contributed by atoms with Gasteiger partial charge in [-0.25, -0.2) is 0 Å². The molecule has 3 amide bonds. The molecule has 0 aromatic rings. The second-order valence-electron chi connectivity index (χ2n) is 4.07. The number of likely N-dealkylation sites (tertiary alicyclic amines) is 1. The van der Waals surface area contributed by atoms with Gasteiger partial charge in [-0.3, -0.25) is 24.1 Å². The van der Waals surface area contributed by atoms with Crippen LogP contribution in [0.15, 0.2) is 0 Å². The van der Waals surface area contributed by atoms with E-state index in [-0.39, 0.29) is 36.6 Å². The van der Waals surface area contributed by atoms with Gasteiger partial charge in [-0.2, -0.15) is 0 Å². The maximum atomic E-state index is 11.9. The minimum Gasteiger partial charge on any atom is -0.338 e. The van der Waals surface area contributed by atoms with Crippen LogP contribution in [0.3, 0.4) is 0 Å². The van der Waals surface area contributed by atoms with E-state index < -0.39 is 5.25 Å². The molecule has 7 heteroatoms. The van der Waals surface area contributed by atoms with Crippen LogP contribution < -0.4 is 5.32 Å². The van der Waals surface area contributed by atoms with Crippen LogP contribution in [0.5, 0.6) is 0 Å². The summed E-state index contributed by atoms with van der Waals surface area (Å²) in [5.41, 5.74) is 0. The maximum Gasteiger partial charge on any atom is 0.244 e. The van der Waals surface area contributed by atoms with Crippen molar-refractivity contribution < 1.29 is 19.2 Å². The molecule has 0 saturated carbocycles. The van der Waals surface area contributed by atoms with Gasteiger partial charge in [-0.15, -0.1) is 11.8 Å². The van der Waals surface area contributed by atoms with Crippen LogP contribution in [-0.4, -0.2) is 46.1 Å². The lowest BCUT2D eigenvalue weighted by Gasteiger charge is -2.14. The van der Waals surface area contributed by atoms with Gasteiger partial charge < -0.3 is 5.32 Å². The summed E-state index contributed by atoms with van der Waals surface area (Å²) in [6, 6.07) is 0. The number of carbonyl (C=O) groups excluding carboxylic acids is 4. The predicted molar refractivity (Wildman–Crippen MR) is 66.7 cm³/mol. The average Bonchev–Trinajstić information content (AvgIpc) is 2.51. The first-order valence-electron chi connectivity index (χ1n) is 5.61. The molecular weight excluding hydrogens is 256 g/mol. The summed E-state index contributed by atoms with van der Waals surface area (Å²) in [7, 11) is 0. The summed E-state index contributed by atoms with van der Waals surface area (Å²) in [6.45, 7) is 2.74. The third-order valence-corrected chi connectivity index (χ3v) is 3.67. The van der Waals surface area contributed by atoms with E-state index in [0.29, 0.717) is 12.2 Å². The van der Waals surface area contributed by atoms with Crippen molar-refractivity contribution in [3.05, 3.63) is 0 Å². The molecule has 1 saturated heterocycles. The summed E-state index contributed by atoms with van der Waals surface area (Å²) in [4.78, 5) is 46.0. The largest absolute Gasteiger partial charge is 0.338 e. The van der Waals surface area contributed by atoms with E-state index in [0.717, 1.165) is 4.90 Å². The van der Waals surface area contributed by atoms with Crippen molar-refractivity contribution in [2.24, 2.45) is 0 Å². The number of Topliss-reactive ketones (excluding diaryl/α,β-unsaturated/α-hetero) is 1. The van der Waals surface area contributed by atoms with Gasteiger partial charge in [-0.1, -0.05) is 0 Å². The van der Waals surface area contributed by atoms with Crippen molar-refractivity contribution >= 4 is 35.3 Å². The van der Waals surface area contributed by atoms with E-state index in [1.807, 2.05) is 0 Å². The third-order valence-electron chi connectivity index (χ3n) is 2.46. The minimum absolute atomic E-state index is 0.0642. The highest BCUT2D eigenvalue weighted by atomic mass is 32.2. The molecule has 1 rings (SSSR count). The molecule has 0 aromatic heterocycles. The fraction of sp³-hybridized carbons (Fsp3) is 0.636. The van der Waals surface area contributed by atoms with Crippen molar-refractivity contribution in [3.8, 4) is 0 Å². The lowest BCUT2D eigenvalue weighted by atomic mass is 10.3. The van der Waals surface area contributed by atoms with Gasteiger partial charge in [0.15, 0.2) is 0 Å². The van der Waals surface area contributed by atoms with Crippen molar-refractivity contribution in [3.63, 3.8) is 0 Å². The minimum atomic E-state index is -0.425. The second kappa shape index (κ2) is 6.53. The highest BCUT2D eigenvalue weighted by molar-refractivity contribution is 8.00. The normalized spacial score (nSPS) is 19.2. The number of rotatable bonds is 6. The third kappa shape index (κ3) is 4.14. The number of thioether (sulfide) groups is 1. The van der Waals surface area contributed by atoms with Gasteiger partial charge in [-0.05, 0) is 6.92 Å². The number of nitrogens with one attached hydrogen (secondary N) is 1. The number of imide groups is 1. The molecule has 6 nitrogen and oxygen atoms in total. The predicted octanol–water partition coefficient (Wildman–Crippen LogP) is -0.0802. The number of hydrogen-bond donors (Lipinski definition) is 1. The Hall–Kier alpha value is -1.37. The molecule has 1 atom stereocenters. The summed E-state index contributed by atoms with van der Waals surface area (Å²) < 4.78 is 0. The van der Waals surface area contributed by atoms with E-state index in [1.54, 1.807) is 0 Å². The zero-order chi connectivity index (χ0) is 13.7. The Kier molecular flexibility index (Phi) is 5.33.